The summed E-state index contributed by atoms with van der Waals surface area (Å²) in [6, 6.07) is 17.3. The molecule has 9 heteroatoms. The Morgan fingerprint density at radius 3 is 2.30 bits per heavy atom. The standard InChI is InChI=1S/C21H18Cl2N2O4S/c1-25(18-8-3-4-9-19(18)29-2)30(27,28)15-12-10-14(11-13-15)21(26)24-17-7-5-6-16(22)20(17)23/h3-13H,1-2H3,(H,24,26). The van der Waals surface area contributed by atoms with Crippen LogP contribution in [-0.2, 0) is 10.0 Å². The van der Waals surface area contributed by atoms with E-state index in [2.05, 4.69) is 5.32 Å². The highest BCUT2D eigenvalue weighted by molar-refractivity contribution is 7.92. The molecule has 0 radical (unpaired) electrons. The van der Waals surface area contributed by atoms with Crippen molar-refractivity contribution in [2.45, 2.75) is 4.90 Å². The zero-order chi connectivity index (χ0) is 21.9. The largest absolute Gasteiger partial charge is 0.495 e. The van der Waals surface area contributed by atoms with Crippen LogP contribution in [0.25, 0.3) is 0 Å². The van der Waals surface area contributed by atoms with Crippen molar-refractivity contribution in [1.29, 1.82) is 0 Å². The van der Waals surface area contributed by atoms with Gasteiger partial charge in [0.2, 0.25) is 0 Å². The Bertz CT molecular complexity index is 1180. The molecule has 3 aromatic carbocycles. The van der Waals surface area contributed by atoms with Crippen molar-refractivity contribution >= 4 is 50.5 Å². The van der Waals surface area contributed by atoms with Gasteiger partial charge in [0.25, 0.3) is 15.9 Å². The van der Waals surface area contributed by atoms with E-state index in [0.29, 0.717) is 22.1 Å². The number of methoxy groups -OCH3 is 1. The van der Waals surface area contributed by atoms with Crippen molar-refractivity contribution in [3.63, 3.8) is 0 Å². The fourth-order valence-corrected chi connectivity index (χ4v) is 4.30. The number of nitrogens with one attached hydrogen (secondary N) is 1. The van der Waals surface area contributed by atoms with Gasteiger partial charge < -0.3 is 10.1 Å². The van der Waals surface area contributed by atoms with Crippen molar-refractivity contribution in [2.24, 2.45) is 0 Å². The molecule has 0 aliphatic rings. The predicted octanol–water partition coefficient (Wildman–Crippen LogP) is 5.08. The number of nitrogens with zero attached hydrogens (tertiary/aromatic N) is 1. The molecular weight excluding hydrogens is 447 g/mol. The zero-order valence-electron chi connectivity index (χ0n) is 16.1. The summed E-state index contributed by atoms with van der Waals surface area (Å²) in [5.74, 6) is -0.0147. The van der Waals surface area contributed by atoms with Gasteiger partial charge in [0.05, 0.1) is 33.4 Å². The molecule has 0 saturated carbocycles. The molecule has 0 fully saturated rings. The molecule has 0 aliphatic heterocycles. The first-order chi connectivity index (χ1) is 14.3. The molecule has 1 amide bonds. The van der Waals surface area contributed by atoms with Gasteiger partial charge in [-0.1, -0.05) is 41.4 Å². The summed E-state index contributed by atoms with van der Waals surface area (Å²) >= 11 is 12.0. The second kappa shape index (κ2) is 8.95. The molecule has 30 heavy (non-hydrogen) atoms. The molecule has 0 saturated heterocycles. The van der Waals surface area contributed by atoms with E-state index < -0.39 is 15.9 Å². The van der Waals surface area contributed by atoms with Crippen LogP contribution in [0.2, 0.25) is 10.0 Å². The Labute approximate surface area is 185 Å². The van der Waals surface area contributed by atoms with Gasteiger partial charge >= 0.3 is 0 Å². The molecule has 0 heterocycles. The highest BCUT2D eigenvalue weighted by Gasteiger charge is 2.24. The molecule has 3 rings (SSSR count). The highest BCUT2D eigenvalue weighted by atomic mass is 35.5. The Morgan fingerprint density at radius 1 is 0.967 bits per heavy atom. The molecule has 1 N–H and O–H groups in total. The maximum Gasteiger partial charge on any atom is 0.264 e. The second-order valence-electron chi connectivity index (χ2n) is 6.22. The molecule has 0 aliphatic carbocycles. The number of hydrogen-bond acceptors (Lipinski definition) is 4. The van der Waals surface area contributed by atoms with E-state index in [1.807, 2.05) is 0 Å². The molecule has 0 bridgehead atoms. The lowest BCUT2D eigenvalue weighted by Crippen LogP contribution is -2.27. The highest BCUT2D eigenvalue weighted by Crippen LogP contribution is 2.32. The third-order valence-electron chi connectivity index (χ3n) is 4.40. The lowest BCUT2D eigenvalue weighted by Gasteiger charge is -2.21. The molecule has 0 atom stereocenters. The number of ether oxygens (including phenoxy) is 1. The molecule has 6 nitrogen and oxygen atoms in total. The van der Waals surface area contributed by atoms with E-state index >= 15 is 0 Å². The van der Waals surface area contributed by atoms with E-state index in [1.165, 1.54) is 38.4 Å². The summed E-state index contributed by atoms with van der Waals surface area (Å²) in [6.07, 6.45) is 0. The van der Waals surface area contributed by atoms with Crippen molar-refractivity contribution in [3.05, 3.63) is 82.3 Å². The van der Waals surface area contributed by atoms with Crippen LogP contribution in [0.1, 0.15) is 10.4 Å². The van der Waals surface area contributed by atoms with Crippen molar-refractivity contribution in [2.75, 3.05) is 23.8 Å². The topological polar surface area (TPSA) is 75.7 Å². The minimum absolute atomic E-state index is 0.0354. The average molecular weight is 465 g/mol. The van der Waals surface area contributed by atoms with E-state index in [1.54, 1.807) is 42.5 Å². The van der Waals surface area contributed by atoms with Crippen molar-refractivity contribution < 1.29 is 17.9 Å². The smallest absolute Gasteiger partial charge is 0.264 e. The first-order valence-electron chi connectivity index (χ1n) is 8.73. The lowest BCUT2D eigenvalue weighted by molar-refractivity contribution is 0.102. The third kappa shape index (κ3) is 4.38. The summed E-state index contributed by atoms with van der Waals surface area (Å²) in [4.78, 5) is 12.5. The van der Waals surface area contributed by atoms with Gasteiger partial charge in [0.1, 0.15) is 5.75 Å². The van der Waals surface area contributed by atoms with Crippen LogP contribution in [0.5, 0.6) is 5.75 Å². The lowest BCUT2D eigenvalue weighted by atomic mass is 10.2. The minimum atomic E-state index is -3.86. The number of carbonyl (C=O) groups is 1. The number of sulfonamides is 1. The molecule has 3 aromatic rings. The van der Waals surface area contributed by atoms with Gasteiger partial charge in [-0.05, 0) is 48.5 Å². The molecule has 156 valence electrons. The first-order valence-corrected chi connectivity index (χ1v) is 10.9. The Hall–Kier alpha value is -2.74. The van der Waals surface area contributed by atoms with Crippen LogP contribution in [0.3, 0.4) is 0 Å². The summed E-state index contributed by atoms with van der Waals surface area (Å²) < 4.78 is 32.4. The zero-order valence-corrected chi connectivity index (χ0v) is 18.4. The van der Waals surface area contributed by atoms with Crippen molar-refractivity contribution in [1.82, 2.24) is 0 Å². The Morgan fingerprint density at radius 2 is 1.63 bits per heavy atom. The maximum atomic E-state index is 13.0. The molecule has 0 aromatic heterocycles. The van der Waals surface area contributed by atoms with Crippen LogP contribution in [0, 0.1) is 0 Å². The summed E-state index contributed by atoms with van der Waals surface area (Å²) in [5.41, 5.74) is 1.03. The molecule has 0 unspecified atom stereocenters. The number of hydrogen-bond donors (Lipinski definition) is 1. The predicted molar refractivity (Wildman–Crippen MR) is 119 cm³/mol. The van der Waals surface area contributed by atoms with E-state index in [-0.39, 0.29) is 15.5 Å². The van der Waals surface area contributed by atoms with Gasteiger partial charge in [-0.3, -0.25) is 9.10 Å². The van der Waals surface area contributed by atoms with Gasteiger partial charge in [-0.2, -0.15) is 0 Å². The van der Waals surface area contributed by atoms with Crippen LogP contribution in [0.4, 0.5) is 11.4 Å². The van der Waals surface area contributed by atoms with E-state index in [0.717, 1.165) is 4.31 Å². The first kappa shape index (κ1) is 22.0. The van der Waals surface area contributed by atoms with Gasteiger partial charge in [-0.25, -0.2) is 8.42 Å². The second-order valence-corrected chi connectivity index (χ2v) is 8.98. The molecular formula is C21H18Cl2N2O4S. The number of para-hydroxylation sites is 2. The number of carbonyl (C=O) groups excluding carboxylic acids is 1. The number of anilines is 2. The van der Waals surface area contributed by atoms with Gasteiger partial charge in [-0.15, -0.1) is 0 Å². The number of rotatable bonds is 6. The Kier molecular flexibility index (Phi) is 6.55. The summed E-state index contributed by atoms with van der Waals surface area (Å²) in [7, 11) is -0.945. The van der Waals surface area contributed by atoms with Gasteiger partial charge in [0, 0.05) is 12.6 Å². The van der Waals surface area contributed by atoms with Crippen molar-refractivity contribution in [3.8, 4) is 5.75 Å². The van der Waals surface area contributed by atoms with E-state index in [4.69, 9.17) is 27.9 Å². The number of amides is 1. The Balaban J connectivity index is 1.83. The monoisotopic (exact) mass is 464 g/mol. The number of halogens is 2. The SMILES string of the molecule is COc1ccccc1N(C)S(=O)(=O)c1ccc(C(=O)Nc2cccc(Cl)c2Cl)cc1. The fraction of sp³-hybridized carbons (Fsp3) is 0.0952. The van der Waals surface area contributed by atoms with Crippen LogP contribution >= 0.6 is 23.2 Å². The quantitative estimate of drug-likeness (QED) is 0.551. The van der Waals surface area contributed by atoms with Crippen LogP contribution < -0.4 is 14.4 Å². The van der Waals surface area contributed by atoms with E-state index in [9.17, 15) is 13.2 Å². The maximum absolute atomic E-state index is 13.0. The average Bonchev–Trinajstić information content (AvgIpc) is 2.76. The number of benzene rings is 3. The fourth-order valence-electron chi connectivity index (χ4n) is 2.75. The van der Waals surface area contributed by atoms with Crippen LogP contribution in [0.15, 0.2) is 71.6 Å². The third-order valence-corrected chi connectivity index (χ3v) is 7.00. The van der Waals surface area contributed by atoms with Gasteiger partial charge in [0.15, 0.2) is 0 Å². The molecule has 0 spiro atoms. The van der Waals surface area contributed by atoms with Crippen LogP contribution in [-0.4, -0.2) is 28.5 Å². The normalized spacial score (nSPS) is 11.1. The summed E-state index contributed by atoms with van der Waals surface area (Å²) in [6.45, 7) is 0. The minimum Gasteiger partial charge on any atom is -0.495 e. The summed E-state index contributed by atoms with van der Waals surface area (Å²) in [5, 5.41) is 3.20.